The number of carbonyl (C=O) groups excluding carboxylic acids is 1. The maximum atomic E-state index is 10.7. The summed E-state index contributed by atoms with van der Waals surface area (Å²) in [6, 6.07) is -0.326. The number of nitrogens with zero attached hydrogens (tertiary/aromatic N) is 2. The molecule has 4 heteroatoms. The quantitative estimate of drug-likeness (QED) is 0.632. The van der Waals surface area contributed by atoms with E-state index in [1.165, 1.54) is 0 Å². The van der Waals surface area contributed by atoms with Crippen LogP contribution in [0.2, 0.25) is 0 Å². The molecule has 12 heavy (non-hydrogen) atoms. The molecule has 0 aliphatic carbocycles. The zero-order valence-electron chi connectivity index (χ0n) is 7.07. The highest BCUT2D eigenvalue weighted by molar-refractivity contribution is 5.72. The van der Waals surface area contributed by atoms with E-state index in [2.05, 4.69) is 11.5 Å². The fourth-order valence-corrected chi connectivity index (χ4v) is 1.24. The van der Waals surface area contributed by atoms with E-state index in [0.717, 1.165) is 13.1 Å². The predicted molar refractivity (Wildman–Crippen MR) is 47.2 cm³/mol. The molecular formula is C8H14N3O. The van der Waals surface area contributed by atoms with Crippen molar-refractivity contribution in [2.24, 2.45) is 5.73 Å². The average molecular weight is 168 g/mol. The van der Waals surface area contributed by atoms with Crippen molar-refractivity contribution in [2.75, 3.05) is 26.2 Å². The van der Waals surface area contributed by atoms with Crippen LogP contribution in [0.1, 0.15) is 0 Å². The molecule has 0 spiro atoms. The zero-order valence-corrected chi connectivity index (χ0v) is 7.07. The second-order valence-electron chi connectivity index (χ2n) is 2.75. The van der Waals surface area contributed by atoms with Crippen LogP contribution >= 0.6 is 0 Å². The molecule has 0 atom stereocenters. The number of nitrogens with two attached hydrogens (primary N) is 1. The summed E-state index contributed by atoms with van der Waals surface area (Å²) >= 11 is 0. The summed E-state index contributed by atoms with van der Waals surface area (Å²) < 4.78 is 0. The van der Waals surface area contributed by atoms with Crippen molar-refractivity contribution in [2.45, 2.75) is 0 Å². The molecule has 67 valence electrons. The van der Waals surface area contributed by atoms with Gasteiger partial charge in [-0.3, -0.25) is 4.90 Å². The summed E-state index contributed by atoms with van der Waals surface area (Å²) in [4.78, 5) is 14.5. The summed E-state index contributed by atoms with van der Waals surface area (Å²) in [7, 11) is 0. The number of primary amides is 1. The van der Waals surface area contributed by atoms with E-state index in [4.69, 9.17) is 5.73 Å². The van der Waals surface area contributed by atoms with Crippen molar-refractivity contribution in [3.05, 3.63) is 19.2 Å². The molecule has 0 aromatic rings. The summed E-state index contributed by atoms with van der Waals surface area (Å²) in [6.07, 6.45) is 1.75. The Morgan fingerprint density at radius 1 is 1.33 bits per heavy atom. The molecule has 1 radical (unpaired) electrons. The third kappa shape index (κ3) is 2.23. The average Bonchev–Trinajstić information content (AvgIpc) is 2.06. The highest BCUT2D eigenvalue weighted by Gasteiger charge is 2.17. The lowest BCUT2D eigenvalue weighted by Crippen LogP contribution is -2.49. The van der Waals surface area contributed by atoms with Crippen LogP contribution in [-0.4, -0.2) is 42.0 Å². The van der Waals surface area contributed by atoms with E-state index in [-0.39, 0.29) is 6.03 Å². The van der Waals surface area contributed by atoms with Crippen LogP contribution < -0.4 is 5.73 Å². The molecule has 0 aromatic carbocycles. The van der Waals surface area contributed by atoms with E-state index in [1.54, 1.807) is 11.0 Å². The van der Waals surface area contributed by atoms with Gasteiger partial charge >= 0.3 is 6.03 Å². The predicted octanol–water partition coefficient (Wildman–Crippen LogP) is 0.0305. The number of urea groups is 1. The second kappa shape index (κ2) is 4.11. The maximum absolute atomic E-state index is 10.7. The van der Waals surface area contributed by atoms with E-state index in [1.807, 2.05) is 6.54 Å². The normalized spacial score (nSPS) is 19.2. The van der Waals surface area contributed by atoms with E-state index in [9.17, 15) is 4.79 Å². The van der Waals surface area contributed by atoms with Crippen LogP contribution in [0.15, 0.2) is 12.7 Å². The van der Waals surface area contributed by atoms with Gasteiger partial charge < -0.3 is 10.6 Å². The van der Waals surface area contributed by atoms with Gasteiger partial charge in [0.1, 0.15) is 0 Å². The molecule has 1 aliphatic heterocycles. The van der Waals surface area contributed by atoms with Crippen LogP contribution in [-0.2, 0) is 0 Å². The first kappa shape index (κ1) is 9.06. The van der Waals surface area contributed by atoms with Crippen molar-refractivity contribution in [1.29, 1.82) is 0 Å². The molecule has 2 N–H and O–H groups in total. The third-order valence-electron chi connectivity index (χ3n) is 1.94. The largest absolute Gasteiger partial charge is 0.351 e. The monoisotopic (exact) mass is 168 g/mol. The number of hydrogen-bond donors (Lipinski definition) is 1. The fraction of sp³-hybridized carbons (Fsp3) is 0.500. The summed E-state index contributed by atoms with van der Waals surface area (Å²) in [5.41, 5.74) is 5.12. The van der Waals surface area contributed by atoms with Crippen LogP contribution in [0.25, 0.3) is 0 Å². The second-order valence-corrected chi connectivity index (χ2v) is 2.75. The van der Waals surface area contributed by atoms with E-state index in [0.29, 0.717) is 13.1 Å². The molecule has 0 unspecified atom stereocenters. The first-order valence-corrected chi connectivity index (χ1v) is 3.98. The molecule has 0 aromatic heterocycles. The Labute approximate surface area is 72.6 Å². The molecule has 0 bridgehead atoms. The molecule has 1 rings (SSSR count). The van der Waals surface area contributed by atoms with Crippen molar-refractivity contribution in [1.82, 2.24) is 9.80 Å². The third-order valence-corrected chi connectivity index (χ3v) is 1.94. The standard InChI is InChI=1S/C8H14N3O/c1-2-3-10-4-6-11(7-5-10)8(9)12/h2-3H,1,4-7H2,(H2,9,12). The lowest BCUT2D eigenvalue weighted by Gasteiger charge is -2.32. The molecule has 4 nitrogen and oxygen atoms in total. The number of piperazine rings is 1. The molecule has 1 aliphatic rings. The SMILES string of the molecule is C=C[CH]N1CCN(C(N)=O)CC1. The Bertz CT molecular complexity index is 173. The Kier molecular flexibility index (Phi) is 3.10. The molecule has 0 saturated carbocycles. The van der Waals surface area contributed by atoms with Gasteiger partial charge in [-0.05, 0) is 0 Å². The maximum Gasteiger partial charge on any atom is 0.314 e. The smallest absolute Gasteiger partial charge is 0.314 e. The van der Waals surface area contributed by atoms with Gasteiger partial charge in [-0.2, -0.15) is 0 Å². The van der Waals surface area contributed by atoms with Crippen molar-refractivity contribution >= 4 is 6.03 Å². The lowest BCUT2D eigenvalue weighted by atomic mass is 10.3. The summed E-state index contributed by atoms with van der Waals surface area (Å²) in [5, 5.41) is 0. The Balaban J connectivity index is 2.29. The number of rotatable bonds is 2. The zero-order chi connectivity index (χ0) is 8.97. The fourth-order valence-electron chi connectivity index (χ4n) is 1.24. The first-order valence-electron chi connectivity index (χ1n) is 3.98. The van der Waals surface area contributed by atoms with Gasteiger partial charge in [-0.25, -0.2) is 4.79 Å². The van der Waals surface area contributed by atoms with Gasteiger partial charge in [-0.15, -0.1) is 6.58 Å². The molecule has 1 fully saturated rings. The summed E-state index contributed by atoms with van der Waals surface area (Å²) in [6.45, 7) is 8.64. The minimum Gasteiger partial charge on any atom is -0.351 e. The van der Waals surface area contributed by atoms with Gasteiger partial charge in [0.05, 0.1) is 0 Å². The molecule has 1 heterocycles. The lowest BCUT2D eigenvalue weighted by molar-refractivity contribution is 0.165. The first-order chi connectivity index (χ1) is 5.74. The topological polar surface area (TPSA) is 49.6 Å². The minimum absolute atomic E-state index is 0.326. The van der Waals surface area contributed by atoms with Crippen LogP contribution in [0, 0.1) is 6.54 Å². The van der Waals surface area contributed by atoms with Gasteiger partial charge in [0.15, 0.2) is 0 Å². The van der Waals surface area contributed by atoms with E-state index >= 15 is 0 Å². The summed E-state index contributed by atoms with van der Waals surface area (Å²) in [5.74, 6) is 0. The van der Waals surface area contributed by atoms with Crippen molar-refractivity contribution in [3.63, 3.8) is 0 Å². The van der Waals surface area contributed by atoms with Crippen LogP contribution in [0.5, 0.6) is 0 Å². The van der Waals surface area contributed by atoms with Crippen LogP contribution in [0.4, 0.5) is 4.79 Å². The number of hydrogen-bond acceptors (Lipinski definition) is 2. The minimum atomic E-state index is -0.326. The number of carbonyl (C=O) groups is 1. The highest BCUT2D eigenvalue weighted by atomic mass is 16.2. The number of amides is 2. The Morgan fingerprint density at radius 3 is 2.33 bits per heavy atom. The Morgan fingerprint density at radius 2 is 1.92 bits per heavy atom. The van der Waals surface area contributed by atoms with Gasteiger partial charge in [0.25, 0.3) is 0 Å². The molecular weight excluding hydrogens is 154 g/mol. The van der Waals surface area contributed by atoms with Gasteiger partial charge in [0, 0.05) is 32.7 Å². The van der Waals surface area contributed by atoms with E-state index < -0.39 is 0 Å². The molecule has 1 saturated heterocycles. The van der Waals surface area contributed by atoms with Crippen LogP contribution in [0.3, 0.4) is 0 Å². The van der Waals surface area contributed by atoms with Crippen molar-refractivity contribution < 1.29 is 4.79 Å². The van der Waals surface area contributed by atoms with Crippen molar-refractivity contribution in [3.8, 4) is 0 Å². The highest BCUT2D eigenvalue weighted by Crippen LogP contribution is 2.02. The Hall–Kier alpha value is -1.03. The molecule has 2 amide bonds. The van der Waals surface area contributed by atoms with Gasteiger partial charge in [-0.1, -0.05) is 6.08 Å². The van der Waals surface area contributed by atoms with Gasteiger partial charge in [0.2, 0.25) is 0 Å².